The first kappa shape index (κ1) is 7.49. The van der Waals surface area contributed by atoms with Crippen LogP contribution in [-0.4, -0.2) is 36.5 Å². The van der Waals surface area contributed by atoms with Crippen molar-refractivity contribution in [2.75, 3.05) is 31.2 Å². The first-order chi connectivity index (χ1) is 5.97. The predicted octanol–water partition coefficient (Wildman–Crippen LogP) is 0.313. The summed E-state index contributed by atoms with van der Waals surface area (Å²) in [5.74, 6) is 0.945. The van der Waals surface area contributed by atoms with E-state index in [1.807, 2.05) is 12.1 Å². The van der Waals surface area contributed by atoms with Crippen molar-refractivity contribution in [1.29, 1.82) is 0 Å². The third-order valence-corrected chi connectivity index (χ3v) is 1.89. The molecule has 0 radical (unpaired) electrons. The molecule has 0 unspecified atom stereocenters. The molecule has 0 amide bonds. The SMILES string of the molecule is c1cnnc(N2CCOCC2)c1. The van der Waals surface area contributed by atoms with Gasteiger partial charge in [-0.1, -0.05) is 0 Å². The summed E-state index contributed by atoms with van der Waals surface area (Å²) in [4.78, 5) is 2.18. The fourth-order valence-electron chi connectivity index (χ4n) is 1.25. The highest BCUT2D eigenvalue weighted by atomic mass is 16.5. The van der Waals surface area contributed by atoms with Crippen LogP contribution in [0.4, 0.5) is 5.82 Å². The molecule has 1 aromatic heterocycles. The lowest BCUT2D eigenvalue weighted by atomic mass is 10.4. The van der Waals surface area contributed by atoms with E-state index in [-0.39, 0.29) is 0 Å². The first-order valence-electron chi connectivity index (χ1n) is 4.07. The molecule has 0 aliphatic carbocycles. The third-order valence-electron chi connectivity index (χ3n) is 1.89. The molecule has 64 valence electrons. The second-order valence-electron chi connectivity index (χ2n) is 2.68. The Labute approximate surface area is 71.2 Å². The smallest absolute Gasteiger partial charge is 0.151 e. The molecule has 0 aromatic carbocycles. The molecule has 0 N–H and O–H groups in total. The second kappa shape index (κ2) is 3.49. The van der Waals surface area contributed by atoms with E-state index in [9.17, 15) is 0 Å². The topological polar surface area (TPSA) is 38.2 Å². The summed E-state index contributed by atoms with van der Waals surface area (Å²) in [5.41, 5.74) is 0. The minimum atomic E-state index is 0.788. The molecule has 2 rings (SSSR count). The summed E-state index contributed by atoms with van der Waals surface area (Å²) in [6.45, 7) is 3.41. The van der Waals surface area contributed by atoms with Gasteiger partial charge in [-0.15, -0.1) is 5.10 Å². The minimum absolute atomic E-state index is 0.788. The highest BCUT2D eigenvalue weighted by Gasteiger charge is 2.11. The molecular formula is C8H11N3O. The van der Waals surface area contributed by atoms with Crippen LogP contribution < -0.4 is 4.90 Å². The molecule has 12 heavy (non-hydrogen) atoms. The number of hydrogen-bond donors (Lipinski definition) is 0. The van der Waals surface area contributed by atoms with E-state index in [0.717, 1.165) is 32.1 Å². The molecule has 1 saturated heterocycles. The van der Waals surface area contributed by atoms with Crippen molar-refractivity contribution in [2.24, 2.45) is 0 Å². The van der Waals surface area contributed by atoms with Crippen molar-refractivity contribution in [3.63, 3.8) is 0 Å². The van der Waals surface area contributed by atoms with Gasteiger partial charge in [0, 0.05) is 19.3 Å². The standard InChI is InChI=1S/C8H11N3O/c1-2-8(10-9-3-1)11-4-6-12-7-5-11/h1-3H,4-7H2. The molecule has 0 saturated carbocycles. The number of nitrogens with zero attached hydrogens (tertiary/aromatic N) is 3. The van der Waals surface area contributed by atoms with Gasteiger partial charge in [0.05, 0.1) is 13.2 Å². The fraction of sp³-hybridized carbons (Fsp3) is 0.500. The predicted molar refractivity (Wildman–Crippen MR) is 45.1 cm³/mol. The van der Waals surface area contributed by atoms with E-state index >= 15 is 0 Å². The molecule has 0 spiro atoms. The summed E-state index contributed by atoms with van der Waals surface area (Å²) in [7, 11) is 0. The molecule has 4 nitrogen and oxygen atoms in total. The maximum Gasteiger partial charge on any atom is 0.151 e. The largest absolute Gasteiger partial charge is 0.378 e. The molecule has 1 aliphatic rings. The highest BCUT2D eigenvalue weighted by Crippen LogP contribution is 2.09. The molecule has 1 aliphatic heterocycles. The van der Waals surface area contributed by atoms with Crippen LogP contribution in [-0.2, 0) is 4.74 Å². The van der Waals surface area contributed by atoms with Crippen LogP contribution in [0, 0.1) is 0 Å². The summed E-state index contributed by atoms with van der Waals surface area (Å²) < 4.78 is 5.23. The van der Waals surface area contributed by atoms with E-state index in [4.69, 9.17) is 4.74 Å². The number of aromatic nitrogens is 2. The van der Waals surface area contributed by atoms with Crippen molar-refractivity contribution in [3.05, 3.63) is 18.3 Å². The fourth-order valence-corrected chi connectivity index (χ4v) is 1.25. The highest BCUT2D eigenvalue weighted by molar-refractivity contribution is 5.36. The van der Waals surface area contributed by atoms with Gasteiger partial charge >= 0.3 is 0 Å². The van der Waals surface area contributed by atoms with Crippen molar-refractivity contribution in [1.82, 2.24) is 10.2 Å². The average molecular weight is 165 g/mol. The normalized spacial score (nSPS) is 17.8. The average Bonchev–Trinajstić information content (AvgIpc) is 2.21. The van der Waals surface area contributed by atoms with Crippen LogP contribution in [0.3, 0.4) is 0 Å². The Kier molecular flexibility index (Phi) is 2.18. The van der Waals surface area contributed by atoms with Crippen molar-refractivity contribution >= 4 is 5.82 Å². The lowest BCUT2D eigenvalue weighted by molar-refractivity contribution is 0.122. The van der Waals surface area contributed by atoms with Gasteiger partial charge in [-0.25, -0.2) is 0 Å². The van der Waals surface area contributed by atoms with Gasteiger partial charge in [-0.2, -0.15) is 5.10 Å². The molecular weight excluding hydrogens is 154 g/mol. The van der Waals surface area contributed by atoms with Gasteiger partial charge in [0.2, 0.25) is 0 Å². The van der Waals surface area contributed by atoms with Gasteiger partial charge < -0.3 is 9.64 Å². The monoisotopic (exact) mass is 165 g/mol. The Hall–Kier alpha value is -1.16. The Morgan fingerprint density at radius 2 is 2.17 bits per heavy atom. The molecule has 2 heterocycles. The van der Waals surface area contributed by atoms with E-state index in [1.165, 1.54) is 0 Å². The van der Waals surface area contributed by atoms with Crippen LogP contribution in [0.1, 0.15) is 0 Å². The zero-order valence-electron chi connectivity index (χ0n) is 6.81. The lowest BCUT2D eigenvalue weighted by Crippen LogP contribution is -2.36. The van der Waals surface area contributed by atoms with E-state index < -0.39 is 0 Å². The van der Waals surface area contributed by atoms with Crippen LogP contribution in [0.25, 0.3) is 0 Å². The zero-order valence-corrected chi connectivity index (χ0v) is 6.81. The van der Waals surface area contributed by atoms with Crippen LogP contribution in [0.15, 0.2) is 18.3 Å². The number of morpholine rings is 1. The number of rotatable bonds is 1. The van der Waals surface area contributed by atoms with Crippen LogP contribution in [0.5, 0.6) is 0 Å². The lowest BCUT2D eigenvalue weighted by Gasteiger charge is -2.26. The zero-order chi connectivity index (χ0) is 8.23. The third kappa shape index (κ3) is 1.53. The minimum Gasteiger partial charge on any atom is -0.378 e. The summed E-state index contributed by atoms with van der Waals surface area (Å²) in [6, 6.07) is 3.87. The number of hydrogen-bond acceptors (Lipinski definition) is 4. The van der Waals surface area contributed by atoms with Gasteiger partial charge in [0.1, 0.15) is 0 Å². The van der Waals surface area contributed by atoms with Gasteiger partial charge in [0.15, 0.2) is 5.82 Å². The van der Waals surface area contributed by atoms with E-state index in [0.29, 0.717) is 0 Å². The number of ether oxygens (including phenoxy) is 1. The Morgan fingerprint density at radius 1 is 1.33 bits per heavy atom. The van der Waals surface area contributed by atoms with E-state index in [2.05, 4.69) is 15.1 Å². The first-order valence-corrected chi connectivity index (χ1v) is 4.07. The van der Waals surface area contributed by atoms with Crippen LogP contribution in [0.2, 0.25) is 0 Å². The summed E-state index contributed by atoms with van der Waals surface area (Å²) in [5, 5.41) is 7.85. The second-order valence-corrected chi connectivity index (χ2v) is 2.68. The molecule has 1 fully saturated rings. The van der Waals surface area contributed by atoms with Gasteiger partial charge in [-0.3, -0.25) is 0 Å². The Morgan fingerprint density at radius 3 is 2.83 bits per heavy atom. The van der Waals surface area contributed by atoms with Gasteiger partial charge in [0.25, 0.3) is 0 Å². The van der Waals surface area contributed by atoms with Crippen molar-refractivity contribution in [3.8, 4) is 0 Å². The molecule has 0 bridgehead atoms. The van der Waals surface area contributed by atoms with Crippen molar-refractivity contribution in [2.45, 2.75) is 0 Å². The quantitative estimate of drug-likeness (QED) is 0.600. The summed E-state index contributed by atoms with van der Waals surface area (Å²) >= 11 is 0. The maximum atomic E-state index is 5.23. The molecule has 0 atom stereocenters. The van der Waals surface area contributed by atoms with Crippen molar-refractivity contribution < 1.29 is 4.74 Å². The van der Waals surface area contributed by atoms with Crippen LogP contribution >= 0.6 is 0 Å². The summed E-state index contributed by atoms with van der Waals surface area (Å²) in [6.07, 6.45) is 1.68. The van der Waals surface area contributed by atoms with E-state index in [1.54, 1.807) is 6.20 Å². The number of anilines is 1. The van der Waals surface area contributed by atoms with Gasteiger partial charge in [-0.05, 0) is 12.1 Å². The maximum absolute atomic E-state index is 5.23. The Balaban J connectivity index is 2.08. The Bertz CT molecular complexity index is 233. The molecule has 4 heteroatoms. The molecule has 1 aromatic rings.